The van der Waals surface area contributed by atoms with Gasteiger partial charge in [0.25, 0.3) is 5.95 Å². The van der Waals surface area contributed by atoms with Crippen LogP contribution in [-0.4, -0.2) is 30.9 Å². The number of para-hydroxylation sites is 1. The Balaban J connectivity index is 1.82. The number of nitrogens with one attached hydrogen (secondary N) is 1. The number of hydrogen-bond donors (Lipinski definition) is 4. The summed E-state index contributed by atoms with van der Waals surface area (Å²) >= 11 is 0. The van der Waals surface area contributed by atoms with Crippen molar-refractivity contribution in [1.29, 1.82) is 0 Å². The Morgan fingerprint density at radius 1 is 1.15 bits per heavy atom. The van der Waals surface area contributed by atoms with E-state index in [4.69, 9.17) is 16.6 Å². The van der Waals surface area contributed by atoms with E-state index in [-0.39, 0.29) is 35.1 Å². The molecule has 0 radical (unpaired) electrons. The number of halogens is 3. The van der Waals surface area contributed by atoms with Gasteiger partial charge in [0.15, 0.2) is 11.6 Å². The molecule has 2 heterocycles. The summed E-state index contributed by atoms with van der Waals surface area (Å²) in [5.74, 6) is -3.44. The number of amides is 1. The fourth-order valence-corrected chi connectivity index (χ4v) is 3.80. The largest absolute Gasteiger partial charge is 0.465 e. The minimum atomic E-state index is -1.29. The van der Waals surface area contributed by atoms with Gasteiger partial charge in [-0.3, -0.25) is 0 Å². The molecule has 0 bridgehead atoms. The van der Waals surface area contributed by atoms with Crippen LogP contribution in [0.15, 0.2) is 36.4 Å². The van der Waals surface area contributed by atoms with Crippen molar-refractivity contribution < 1.29 is 23.1 Å². The lowest BCUT2D eigenvalue weighted by Gasteiger charge is -2.18. The second-order valence-electron chi connectivity index (χ2n) is 7.53. The third kappa shape index (κ3) is 4.17. The van der Waals surface area contributed by atoms with Gasteiger partial charge in [0.1, 0.15) is 17.5 Å². The molecule has 0 aliphatic heterocycles. The first-order chi connectivity index (χ1) is 16.2. The minimum absolute atomic E-state index is 0.00253. The number of nitrogens with zero attached hydrogens (tertiary/aromatic N) is 4. The van der Waals surface area contributed by atoms with Gasteiger partial charge in [0.05, 0.1) is 22.8 Å². The molecule has 0 spiro atoms. The number of fused-ring (bicyclic) bond motifs is 1. The number of anilines is 2. The molecule has 1 atom stereocenters. The molecular formula is C22H20F3N7O2. The topological polar surface area (TPSA) is 145 Å². The van der Waals surface area contributed by atoms with Gasteiger partial charge in [-0.1, -0.05) is 25.1 Å². The highest BCUT2D eigenvalue weighted by atomic mass is 19.2. The molecule has 0 saturated carbocycles. The van der Waals surface area contributed by atoms with Crippen LogP contribution in [0, 0.1) is 17.5 Å². The molecule has 4 aromatic rings. The van der Waals surface area contributed by atoms with E-state index in [0.29, 0.717) is 29.1 Å². The van der Waals surface area contributed by atoms with Gasteiger partial charge in [-0.25, -0.2) is 18.0 Å². The molecule has 34 heavy (non-hydrogen) atoms. The second kappa shape index (κ2) is 8.89. The minimum Gasteiger partial charge on any atom is -0.465 e. The zero-order valence-corrected chi connectivity index (χ0v) is 17.9. The van der Waals surface area contributed by atoms with Gasteiger partial charge >= 0.3 is 6.09 Å². The van der Waals surface area contributed by atoms with Crippen LogP contribution in [0.4, 0.5) is 29.6 Å². The van der Waals surface area contributed by atoms with Crippen LogP contribution in [0.3, 0.4) is 0 Å². The molecule has 2 aromatic heterocycles. The third-order valence-electron chi connectivity index (χ3n) is 5.33. The third-order valence-corrected chi connectivity index (χ3v) is 5.33. The lowest BCUT2D eigenvalue weighted by molar-refractivity contribution is 0.189. The molecule has 9 nitrogen and oxygen atoms in total. The predicted molar refractivity (Wildman–Crippen MR) is 119 cm³/mol. The van der Waals surface area contributed by atoms with Gasteiger partial charge in [0, 0.05) is 17.9 Å². The first-order valence-corrected chi connectivity index (χ1v) is 10.2. The number of nitrogens with two attached hydrogens (primary N) is 2. The summed E-state index contributed by atoms with van der Waals surface area (Å²) in [6.07, 6.45) is -1.09. The molecular weight excluding hydrogens is 451 g/mol. The molecule has 0 fully saturated rings. The number of rotatable bonds is 6. The van der Waals surface area contributed by atoms with Crippen molar-refractivity contribution >= 4 is 28.6 Å². The first-order valence-electron chi connectivity index (χ1n) is 10.2. The maximum atomic E-state index is 14.3. The van der Waals surface area contributed by atoms with Gasteiger partial charge in [-0.05, 0) is 24.1 Å². The SMILES string of the molecule is CCC(NC(=O)O)c1c(N)nc(-n2nc(Cc3cc(F)cc(F)c3F)c3ccccc32)nc1N. The summed E-state index contributed by atoms with van der Waals surface area (Å²) < 4.78 is 43.0. The van der Waals surface area contributed by atoms with Crippen molar-refractivity contribution in [2.45, 2.75) is 25.8 Å². The second-order valence-corrected chi connectivity index (χ2v) is 7.53. The standard InChI is InChI=1S/C22H20F3N7O2/c1-2-14(28-22(33)34)17-19(26)29-21(30-20(17)27)32-16-6-4-3-5-12(16)15(31-32)8-10-7-11(23)9-13(24)18(10)25/h3-7,9,14,28H,2,8H2,1H3,(H,33,34)(H4,26,27,29,30). The smallest absolute Gasteiger partial charge is 0.405 e. The van der Waals surface area contributed by atoms with Crippen LogP contribution < -0.4 is 16.8 Å². The Bertz CT molecular complexity index is 1380. The Morgan fingerprint density at radius 3 is 2.47 bits per heavy atom. The summed E-state index contributed by atoms with van der Waals surface area (Å²) in [5.41, 5.74) is 13.1. The monoisotopic (exact) mass is 471 g/mol. The average Bonchev–Trinajstić information content (AvgIpc) is 3.14. The van der Waals surface area contributed by atoms with Crippen molar-refractivity contribution in [3.8, 4) is 5.95 Å². The van der Waals surface area contributed by atoms with E-state index in [1.165, 1.54) is 4.68 Å². The summed E-state index contributed by atoms with van der Waals surface area (Å²) in [4.78, 5) is 19.6. The first kappa shape index (κ1) is 22.8. The van der Waals surface area contributed by atoms with Crippen molar-refractivity contribution in [3.05, 3.63) is 70.7 Å². The number of aromatic nitrogens is 4. The normalized spacial score (nSPS) is 12.1. The average molecular weight is 471 g/mol. The van der Waals surface area contributed by atoms with Crippen LogP contribution in [-0.2, 0) is 6.42 Å². The molecule has 0 aliphatic rings. The molecule has 0 saturated heterocycles. The van der Waals surface area contributed by atoms with Gasteiger partial charge < -0.3 is 21.9 Å². The van der Waals surface area contributed by atoms with Crippen molar-refractivity contribution in [3.63, 3.8) is 0 Å². The highest BCUT2D eigenvalue weighted by Crippen LogP contribution is 2.29. The summed E-state index contributed by atoms with van der Waals surface area (Å²) in [6.45, 7) is 1.75. The predicted octanol–water partition coefficient (Wildman–Crippen LogP) is 3.71. The molecule has 1 amide bonds. The Labute approximate surface area is 191 Å². The van der Waals surface area contributed by atoms with Gasteiger partial charge in [-0.2, -0.15) is 19.7 Å². The van der Waals surface area contributed by atoms with Crippen molar-refractivity contribution in [2.24, 2.45) is 0 Å². The molecule has 4 rings (SSSR count). The molecule has 12 heteroatoms. The van der Waals surface area contributed by atoms with Crippen LogP contribution in [0.1, 0.15) is 36.2 Å². The van der Waals surface area contributed by atoms with E-state index in [0.717, 1.165) is 6.07 Å². The molecule has 176 valence electrons. The number of benzene rings is 2. The maximum Gasteiger partial charge on any atom is 0.405 e. The van der Waals surface area contributed by atoms with Crippen LogP contribution in [0.25, 0.3) is 16.9 Å². The molecule has 2 aromatic carbocycles. The van der Waals surface area contributed by atoms with Crippen molar-refractivity contribution in [2.75, 3.05) is 11.5 Å². The van der Waals surface area contributed by atoms with E-state index in [2.05, 4.69) is 20.4 Å². The molecule has 6 N–H and O–H groups in total. The van der Waals surface area contributed by atoms with Gasteiger partial charge in [-0.15, -0.1) is 0 Å². The Hall–Kier alpha value is -4.35. The summed E-state index contributed by atoms with van der Waals surface area (Å²) in [6, 6.07) is 7.55. The lowest BCUT2D eigenvalue weighted by atomic mass is 10.1. The quantitative estimate of drug-likeness (QED) is 0.314. The number of nitrogen functional groups attached to an aromatic ring is 2. The van der Waals surface area contributed by atoms with E-state index in [9.17, 15) is 18.0 Å². The zero-order valence-electron chi connectivity index (χ0n) is 17.9. The van der Waals surface area contributed by atoms with E-state index in [1.54, 1.807) is 31.2 Å². The number of carbonyl (C=O) groups is 1. The number of hydrogen-bond acceptors (Lipinski definition) is 6. The van der Waals surface area contributed by atoms with E-state index >= 15 is 0 Å². The fraction of sp³-hybridized carbons (Fsp3) is 0.182. The highest BCUT2D eigenvalue weighted by molar-refractivity contribution is 5.83. The highest BCUT2D eigenvalue weighted by Gasteiger charge is 2.23. The van der Waals surface area contributed by atoms with Crippen molar-refractivity contribution in [1.82, 2.24) is 25.1 Å². The molecule has 1 unspecified atom stereocenters. The summed E-state index contributed by atoms with van der Waals surface area (Å²) in [7, 11) is 0. The Morgan fingerprint density at radius 2 is 1.82 bits per heavy atom. The zero-order chi connectivity index (χ0) is 24.6. The molecule has 0 aliphatic carbocycles. The summed E-state index contributed by atoms with van der Waals surface area (Å²) in [5, 5.41) is 16.4. The van der Waals surface area contributed by atoms with E-state index < -0.39 is 29.6 Å². The Kier molecular flexibility index (Phi) is 5.97. The van der Waals surface area contributed by atoms with Crippen LogP contribution in [0.5, 0.6) is 0 Å². The lowest BCUT2D eigenvalue weighted by Crippen LogP contribution is -2.28. The van der Waals surface area contributed by atoms with E-state index in [1.807, 2.05) is 0 Å². The fourth-order valence-electron chi connectivity index (χ4n) is 3.80. The van der Waals surface area contributed by atoms with Crippen LogP contribution in [0.2, 0.25) is 0 Å². The van der Waals surface area contributed by atoms with Gasteiger partial charge in [0.2, 0.25) is 0 Å². The maximum absolute atomic E-state index is 14.3. The van der Waals surface area contributed by atoms with Crippen LogP contribution >= 0.6 is 0 Å². The number of carboxylic acid groups (broad SMARTS) is 1.